The van der Waals surface area contributed by atoms with Crippen LogP contribution in [0.5, 0.6) is 0 Å². The van der Waals surface area contributed by atoms with Gasteiger partial charge in [-0.3, -0.25) is 9.78 Å². The molecular formula is C18H20BrNO. The van der Waals surface area contributed by atoms with Crippen molar-refractivity contribution in [1.29, 1.82) is 0 Å². The van der Waals surface area contributed by atoms with Crippen LogP contribution >= 0.6 is 15.9 Å². The number of Topliss-reactive ketones (excluding diaryl/α,β-unsaturated/α-hetero) is 1. The normalized spacial score (nSPS) is 13.7. The summed E-state index contributed by atoms with van der Waals surface area (Å²) in [6.45, 7) is 4.27. The highest BCUT2D eigenvalue weighted by Gasteiger charge is 2.25. The number of rotatable bonds is 6. The predicted octanol–water partition coefficient (Wildman–Crippen LogP) is 4.79. The van der Waals surface area contributed by atoms with Gasteiger partial charge in [0.1, 0.15) is 5.78 Å². The van der Waals surface area contributed by atoms with Crippen LogP contribution in [-0.4, -0.2) is 10.8 Å². The first-order chi connectivity index (χ1) is 10.1. The molecule has 0 aliphatic carbocycles. The second kappa shape index (κ2) is 7.51. The Morgan fingerprint density at radius 3 is 2.48 bits per heavy atom. The molecule has 0 saturated heterocycles. The maximum absolute atomic E-state index is 12.7. The van der Waals surface area contributed by atoms with Crippen LogP contribution in [0.3, 0.4) is 0 Å². The lowest BCUT2D eigenvalue weighted by molar-refractivity contribution is -0.121. The van der Waals surface area contributed by atoms with E-state index >= 15 is 0 Å². The van der Waals surface area contributed by atoms with E-state index in [1.54, 1.807) is 6.20 Å². The molecule has 0 amide bonds. The van der Waals surface area contributed by atoms with E-state index in [1.165, 1.54) is 0 Å². The van der Waals surface area contributed by atoms with Gasteiger partial charge in [-0.15, -0.1) is 0 Å². The fourth-order valence-electron chi connectivity index (χ4n) is 2.53. The Morgan fingerprint density at radius 1 is 1.19 bits per heavy atom. The number of nitrogens with zero attached hydrogens (tertiary/aromatic N) is 1. The van der Waals surface area contributed by atoms with Crippen LogP contribution in [0.15, 0.2) is 53.1 Å². The van der Waals surface area contributed by atoms with Crippen LogP contribution < -0.4 is 0 Å². The number of hydrogen-bond donors (Lipinski definition) is 0. The fourth-order valence-corrected chi connectivity index (χ4v) is 2.76. The molecule has 1 aromatic heterocycles. The zero-order chi connectivity index (χ0) is 15.2. The molecule has 2 atom stereocenters. The number of carbonyl (C=O) groups is 1. The summed E-state index contributed by atoms with van der Waals surface area (Å²) in [5.41, 5.74) is 1.93. The molecule has 0 radical (unpaired) electrons. The molecule has 0 spiro atoms. The van der Waals surface area contributed by atoms with E-state index in [-0.39, 0.29) is 11.7 Å². The summed E-state index contributed by atoms with van der Waals surface area (Å²) in [6.07, 6.45) is 3.11. The minimum absolute atomic E-state index is 0.0540. The number of hydrogen-bond acceptors (Lipinski definition) is 2. The Bertz CT molecular complexity index is 580. The molecule has 2 unspecified atom stereocenters. The molecule has 0 saturated carbocycles. The van der Waals surface area contributed by atoms with E-state index in [9.17, 15) is 4.79 Å². The van der Waals surface area contributed by atoms with Gasteiger partial charge in [-0.1, -0.05) is 50.6 Å². The molecule has 2 nitrogen and oxygen atoms in total. The molecule has 110 valence electrons. The molecule has 1 aromatic carbocycles. The molecular weight excluding hydrogens is 326 g/mol. The van der Waals surface area contributed by atoms with Crippen LogP contribution in [0, 0.1) is 5.92 Å². The van der Waals surface area contributed by atoms with E-state index in [0.717, 1.165) is 22.2 Å². The minimum atomic E-state index is -0.0540. The Hall–Kier alpha value is -1.48. The fraction of sp³-hybridized carbons (Fsp3) is 0.333. The lowest BCUT2D eigenvalue weighted by Crippen LogP contribution is -2.21. The Morgan fingerprint density at radius 2 is 1.90 bits per heavy atom. The molecule has 0 aliphatic heterocycles. The SMILES string of the molecule is CCC(C)C(C(=O)Cc1ccc(Br)cn1)c1ccccc1. The zero-order valence-electron chi connectivity index (χ0n) is 12.4. The lowest BCUT2D eigenvalue weighted by Gasteiger charge is -2.22. The smallest absolute Gasteiger partial charge is 0.146 e. The number of aromatic nitrogens is 1. The summed E-state index contributed by atoms with van der Waals surface area (Å²) in [4.78, 5) is 17.1. The highest BCUT2D eigenvalue weighted by atomic mass is 79.9. The van der Waals surface area contributed by atoms with Crippen molar-refractivity contribution in [2.24, 2.45) is 5.92 Å². The van der Waals surface area contributed by atoms with E-state index in [1.807, 2.05) is 42.5 Å². The first kappa shape index (κ1) is 15.9. The van der Waals surface area contributed by atoms with Crippen molar-refractivity contribution in [1.82, 2.24) is 4.98 Å². The second-order valence-corrected chi connectivity index (χ2v) is 6.30. The van der Waals surface area contributed by atoms with Gasteiger partial charge in [0.2, 0.25) is 0 Å². The van der Waals surface area contributed by atoms with E-state index in [4.69, 9.17) is 0 Å². The summed E-state index contributed by atoms with van der Waals surface area (Å²) in [5, 5.41) is 0. The Balaban J connectivity index is 2.20. The lowest BCUT2D eigenvalue weighted by atomic mass is 9.81. The van der Waals surface area contributed by atoms with Crippen LogP contribution in [0.4, 0.5) is 0 Å². The van der Waals surface area contributed by atoms with Gasteiger partial charge >= 0.3 is 0 Å². The molecule has 0 fully saturated rings. The average molecular weight is 346 g/mol. The van der Waals surface area contributed by atoms with Crippen LogP contribution in [0.1, 0.15) is 37.4 Å². The molecule has 3 heteroatoms. The largest absolute Gasteiger partial charge is 0.299 e. The van der Waals surface area contributed by atoms with Crippen LogP contribution in [0.25, 0.3) is 0 Å². The first-order valence-corrected chi connectivity index (χ1v) is 8.09. The summed E-state index contributed by atoms with van der Waals surface area (Å²) in [5.74, 6) is 0.516. The van der Waals surface area contributed by atoms with Gasteiger partial charge < -0.3 is 0 Å². The van der Waals surface area contributed by atoms with Crippen molar-refractivity contribution in [3.8, 4) is 0 Å². The van der Waals surface area contributed by atoms with Gasteiger partial charge in [-0.2, -0.15) is 0 Å². The summed E-state index contributed by atoms with van der Waals surface area (Å²) >= 11 is 3.36. The highest BCUT2D eigenvalue weighted by Crippen LogP contribution is 2.29. The van der Waals surface area contributed by atoms with Crippen LogP contribution in [-0.2, 0) is 11.2 Å². The van der Waals surface area contributed by atoms with Crippen molar-refractivity contribution in [3.05, 3.63) is 64.4 Å². The average Bonchev–Trinajstić information content (AvgIpc) is 2.50. The van der Waals surface area contributed by atoms with Gasteiger partial charge in [0, 0.05) is 28.7 Å². The first-order valence-electron chi connectivity index (χ1n) is 7.30. The highest BCUT2D eigenvalue weighted by molar-refractivity contribution is 9.10. The van der Waals surface area contributed by atoms with E-state index in [2.05, 4.69) is 34.8 Å². The summed E-state index contributed by atoms with van der Waals surface area (Å²) in [7, 11) is 0. The number of carbonyl (C=O) groups excluding carboxylic acids is 1. The quantitative estimate of drug-likeness (QED) is 0.753. The third kappa shape index (κ3) is 4.24. The molecule has 0 aliphatic rings. The monoisotopic (exact) mass is 345 g/mol. The number of benzene rings is 1. The minimum Gasteiger partial charge on any atom is -0.299 e. The van der Waals surface area contributed by atoms with Crippen LogP contribution in [0.2, 0.25) is 0 Å². The Labute approximate surface area is 134 Å². The maximum atomic E-state index is 12.7. The molecule has 2 rings (SSSR count). The third-order valence-electron chi connectivity index (χ3n) is 3.86. The van der Waals surface area contributed by atoms with Gasteiger partial charge in [-0.25, -0.2) is 0 Å². The van der Waals surface area contributed by atoms with Gasteiger partial charge in [0.05, 0.1) is 0 Å². The van der Waals surface area contributed by atoms with Crippen molar-refractivity contribution in [2.75, 3.05) is 0 Å². The Kier molecular flexibility index (Phi) is 5.68. The van der Waals surface area contributed by atoms with E-state index in [0.29, 0.717) is 12.3 Å². The second-order valence-electron chi connectivity index (χ2n) is 5.38. The van der Waals surface area contributed by atoms with E-state index < -0.39 is 0 Å². The number of pyridine rings is 1. The third-order valence-corrected chi connectivity index (χ3v) is 4.33. The molecule has 1 heterocycles. The van der Waals surface area contributed by atoms with Gasteiger partial charge in [0.25, 0.3) is 0 Å². The van der Waals surface area contributed by atoms with Crippen molar-refractivity contribution in [3.63, 3.8) is 0 Å². The summed E-state index contributed by atoms with van der Waals surface area (Å²) in [6, 6.07) is 13.9. The zero-order valence-corrected chi connectivity index (χ0v) is 14.0. The maximum Gasteiger partial charge on any atom is 0.146 e. The topological polar surface area (TPSA) is 30.0 Å². The molecule has 2 aromatic rings. The standard InChI is InChI=1S/C18H20BrNO/c1-3-13(2)18(14-7-5-4-6-8-14)17(21)11-16-10-9-15(19)12-20-16/h4-10,12-13,18H,3,11H2,1-2H3. The number of ketones is 1. The number of halogens is 1. The predicted molar refractivity (Wildman–Crippen MR) is 89.3 cm³/mol. The van der Waals surface area contributed by atoms with Gasteiger partial charge in [0.15, 0.2) is 0 Å². The van der Waals surface area contributed by atoms with Gasteiger partial charge in [-0.05, 0) is 39.5 Å². The van der Waals surface area contributed by atoms with Crippen molar-refractivity contribution < 1.29 is 4.79 Å². The molecule has 0 N–H and O–H groups in total. The van der Waals surface area contributed by atoms with Crippen molar-refractivity contribution >= 4 is 21.7 Å². The van der Waals surface area contributed by atoms with Crippen molar-refractivity contribution in [2.45, 2.75) is 32.6 Å². The molecule has 21 heavy (non-hydrogen) atoms. The molecule has 0 bridgehead atoms. The summed E-state index contributed by atoms with van der Waals surface area (Å²) < 4.78 is 0.931.